The Labute approximate surface area is 218 Å². The molecule has 4 nitrogen and oxygen atoms in total. The summed E-state index contributed by atoms with van der Waals surface area (Å²) in [6.07, 6.45) is 0.577. The van der Waals surface area contributed by atoms with Gasteiger partial charge in [0.05, 0.1) is 12.7 Å². The minimum absolute atomic E-state index is 0.0432. The summed E-state index contributed by atoms with van der Waals surface area (Å²) in [5, 5.41) is 9.96. The van der Waals surface area contributed by atoms with Crippen LogP contribution in [0.4, 0.5) is 0 Å². The van der Waals surface area contributed by atoms with Crippen LogP contribution in [0, 0.1) is 5.92 Å². The molecular weight excluding hydrogens is 472 g/mol. The van der Waals surface area contributed by atoms with Crippen molar-refractivity contribution in [2.45, 2.75) is 44.6 Å². The number of ether oxygens (including phenoxy) is 2. The Morgan fingerprint density at radius 3 is 2.42 bits per heavy atom. The molecular formula is C31H33ClO4. The lowest BCUT2D eigenvalue weighted by molar-refractivity contribution is -0.139. The smallest absolute Gasteiger partial charge is 0.341 e. The summed E-state index contributed by atoms with van der Waals surface area (Å²) >= 11 is 6.10. The number of halogens is 1. The molecule has 1 saturated heterocycles. The number of carbonyl (C=O) groups is 1. The maximum Gasteiger partial charge on any atom is 0.341 e. The van der Waals surface area contributed by atoms with Crippen LogP contribution in [0.1, 0.15) is 61.5 Å². The lowest BCUT2D eigenvalue weighted by Crippen LogP contribution is -2.29. The number of aliphatic carboxylic acids is 1. The predicted octanol–water partition coefficient (Wildman–Crippen LogP) is 7.57. The van der Waals surface area contributed by atoms with Gasteiger partial charge in [-0.15, -0.1) is 0 Å². The maximum atomic E-state index is 11.3. The molecule has 0 radical (unpaired) electrons. The lowest BCUT2D eigenvalue weighted by Gasteiger charge is -2.38. The van der Waals surface area contributed by atoms with Gasteiger partial charge in [0.1, 0.15) is 5.75 Å². The van der Waals surface area contributed by atoms with E-state index in [4.69, 9.17) is 21.1 Å². The fourth-order valence-corrected chi connectivity index (χ4v) is 5.15. The van der Waals surface area contributed by atoms with Crippen LogP contribution in [-0.2, 0) is 14.9 Å². The van der Waals surface area contributed by atoms with Gasteiger partial charge in [0.15, 0.2) is 6.61 Å². The topological polar surface area (TPSA) is 55.8 Å². The molecule has 188 valence electrons. The molecule has 3 atom stereocenters. The SMILES string of the molecule is C=C(C)[C@@H]1C[C@H](c2ccc(Cl)cc2)CO[C@H]1c1cc(C(C)(C)c2ccccc2)ccc1OCC(=O)O. The van der Waals surface area contributed by atoms with E-state index in [2.05, 4.69) is 50.8 Å². The van der Waals surface area contributed by atoms with E-state index in [0.29, 0.717) is 17.4 Å². The average molecular weight is 505 g/mol. The molecule has 36 heavy (non-hydrogen) atoms. The number of carboxylic acid groups (broad SMARTS) is 1. The standard InChI is InChI=1S/C31H33ClO4/c1-20(2)26-16-22(21-10-13-25(32)14-11-21)18-36-30(26)27-17-24(12-15-28(27)35-19-29(33)34)31(3,4)23-8-6-5-7-9-23/h5-15,17,22,26,30H,1,16,18-19H2,2-4H3,(H,33,34)/t22-,26-,30+/m0/s1. The Hall–Kier alpha value is -3.08. The Bertz CT molecular complexity index is 1220. The van der Waals surface area contributed by atoms with E-state index in [-0.39, 0.29) is 23.4 Å². The highest BCUT2D eigenvalue weighted by molar-refractivity contribution is 6.30. The van der Waals surface area contributed by atoms with Crippen molar-refractivity contribution in [3.05, 3.63) is 112 Å². The van der Waals surface area contributed by atoms with Gasteiger partial charge >= 0.3 is 5.97 Å². The Balaban J connectivity index is 1.72. The van der Waals surface area contributed by atoms with E-state index >= 15 is 0 Å². The van der Waals surface area contributed by atoms with Gasteiger partial charge in [-0.1, -0.05) is 86.1 Å². The second-order valence-corrected chi connectivity index (χ2v) is 10.6. The van der Waals surface area contributed by atoms with Crippen molar-refractivity contribution in [3.63, 3.8) is 0 Å². The normalized spacial score (nSPS) is 20.1. The van der Waals surface area contributed by atoms with Gasteiger partial charge in [-0.3, -0.25) is 0 Å². The predicted molar refractivity (Wildman–Crippen MR) is 144 cm³/mol. The highest BCUT2D eigenvalue weighted by atomic mass is 35.5. The van der Waals surface area contributed by atoms with Crippen LogP contribution < -0.4 is 4.74 Å². The van der Waals surface area contributed by atoms with Crippen LogP contribution in [0.25, 0.3) is 0 Å². The van der Waals surface area contributed by atoms with Crippen molar-refractivity contribution < 1.29 is 19.4 Å². The summed E-state index contributed by atoms with van der Waals surface area (Å²) < 4.78 is 12.3. The molecule has 0 aliphatic carbocycles. The van der Waals surface area contributed by atoms with E-state index in [0.717, 1.165) is 23.1 Å². The van der Waals surface area contributed by atoms with Crippen LogP contribution in [0.3, 0.4) is 0 Å². The van der Waals surface area contributed by atoms with Gasteiger partial charge < -0.3 is 14.6 Å². The van der Waals surface area contributed by atoms with Crippen LogP contribution in [-0.4, -0.2) is 24.3 Å². The molecule has 1 heterocycles. The van der Waals surface area contributed by atoms with Crippen molar-refractivity contribution in [2.75, 3.05) is 13.2 Å². The third-order valence-electron chi connectivity index (χ3n) is 7.24. The van der Waals surface area contributed by atoms with Crippen LogP contribution in [0.5, 0.6) is 5.75 Å². The van der Waals surface area contributed by atoms with Crippen molar-refractivity contribution in [1.82, 2.24) is 0 Å². The highest BCUT2D eigenvalue weighted by Gasteiger charge is 2.36. The third kappa shape index (κ3) is 5.66. The van der Waals surface area contributed by atoms with E-state index in [1.165, 1.54) is 11.1 Å². The first-order chi connectivity index (χ1) is 17.2. The quantitative estimate of drug-likeness (QED) is 0.321. The molecule has 0 bridgehead atoms. The molecule has 1 aliphatic heterocycles. The van der Waals surface area contributed by atoms with Gasteiger partial charge in [-0.25, -0.2) is 4.79 Å². The molecule has 4 rings (SSSR count). The summed E-state index contributed by atoms with van der Waals surface area (Å²) in [5.74, 6) is -0.223. The van der Waals surface area contributed by atoms with Crippen molar-refractivity contribution in [1.29, 1.82) is 0 Å². The van der Waals surface area contributed by atoms with E-state index < -0.39 is 12.6 Å². The Kier molecular flexibility index (Phi) is 7.87. The highest BCUT2D eigenvalue weighted by Crippen LogP contribution is 2.46. The largest absolute Gasteiger partial charge is 0.482 e. The first kappa shape index (κ1) is 26.0. The third-order valence-corrected chi connectivity index (χ3v) is 7.49. The number of rotatable bonds is 8. The van der Waals surface area contributed by atoms with Gasteiger partial charge in [-0.2, -0.15) is 0 Å². The second-order valence-electron chi connectivity index (χ2n) is 10.1. The molecule has 3 aromatic rings. The summed E-state index contributed by atoms with van der Waals surface area (Å²) in [6, 6.07) is 24.3. The monoisotopic (exact) mass is 504 g/mol. The summed E-state index contributed by atoms with van der Waals surface area (Å²) in [5.41, 5.74) is 5.11. The first-order valence-corrected chi connectivity index (χ1v) is 12.6. The second kappa shape index (κ2) is 10.9. The molecule has 0 amide bonds. The Morgan fingerprint density at radius 1 is 1.08 bits per heavy atom. The minimum Gasteiger partial charge on any atom is -0.482 e. The van der Waals surface area contributed by atoms with Gasteiger partial charge in [0, 0.05) is 27.8 Å². The first-order valence-electron chi connectivity index (χ1n) is 12.2. The number of benzene rings is 3. The molecule has 1 aliphatic rings. The van der Waals surface area contributed by atoms with Crippen LogP contribution >= 0.6 is 11.6 Å². The fourth-order valence-electron chi connectivity index (χ4n) is 5.02. The molecule has 1 fully saturated rings. The van der Waals surface area contributed by atoms with Crippen LogP contribution in [0.2, 0.25) is 5.02 Å². The zero-order chi connectivity index (χ0) is 25.9. The lowest BCUT2D eigenvalue weighted by atomic mass is 9.75. The van der Waals surface area contributed by atoms with E-state index in [1.807, 2.05) is 49.4 Å². The van der Waals surface area contributed by atoms with Gasteiger partial charge in [0.25, 0.3) is 0 Å². The number of hydrogen-bond donors (Lipinski definition) is 1. The van der Waals surface area contributed by atoms with E-state index in [9.17, 15) is 9.90 Å². The van der Waals surface area contributed by atoms with E-state index in [1.54, 1.807) is 0 Å². The maximum absolute atomic E-state index is 11.3. The van der Waals surface area contributed by atoms with Crippen molar-refractivity contribution in [3.8, 4) is 5.75 Å². The molecule has 0 aromatic heterocycles. The average Bonchev–Trinajstić information content (AvgIpc) is 2.88. The zero-order valence-corrected chi connectivity index (χ0v) is 21.8. The molecule has 1 N–H and O–H groups in total. The summed E-state index contributed by atoms with van der Waals surface area (Å²) in [6.45, 7) is 10.8. The summed E-state index contributed by atoms with van der Waals surface area (Å²) in [4.78, 5) is 11.3. The van der Waals surface area contributed by atoms with Crippen LogP contribution in [0.15, 0.2) is 84.9 Å². The number of hydrogen-bond acceptors (Lipinski definition) is 3. The number of carboxylic acids is 1. The zero-order valence-electron chi connectivity index (χ0n) is 21.0. The van der Waals surface area contributed by atoms with Gasteiger partial charge in [0.2, 0.25) is 0 Å². The van der Waals surface area contributed by atoms with Crippen molar-refractivity contribution >= 4 is 17.6 Å². The molecule has 5 heteroatoms. The Morgan fingerprint density at radius 2 is 1.78 bits per heavy atom. The van der Waals surface area contributed by atoms with Gasteiger partial charge in [-0.05, 0) is 54.3 Å². The summed E-state index contributed by atoms with van der Waals surface area (Å²) in [7, 11) is 0. The minimum atomic E-state index is -1.02. The molecule has 0 saturated carbocycles. The molecule has 0 spiro atoms. The van der Waals surface area contributed by atoms with Crippen molar-refractivity contribution in [2.24, 2.45) is 5.92 Å². The molecule has 3 aromatic carbocycles. The fraction of sp³-hybridized carbons (Fsp3) is 0.323. The molecule has 0 unspecified atom stereocenters.